The molecule has 1 aliphatic heterocycles. The molecule has 1 aromatic heterocycles. The van der Waals surface area contributed by atoms with E-state index in [0.717, 1.165) is 6.07 Å². The molecule has 2 aromatic rings. The van der Waals surface area contributed by atoms with Gasteiger partial charge in [-0.1, -0.05) is 19.9 Å². The van der Waals surface area contributed by atoms with Gasteiger partial charge in [0.15, 0.2) is 0 Å². The van der Waals surface area contributed by atoms with Gasteiger partial charge in [-0.25, -0.2) is 9.37 Å². The fourth-order valence-electron chi connectivity index (χ4n) is 3.91. The van der Waals surface area contributed by atoms with Gasteiger partial charge in [0.05, 0.1) is 11.7 Å². The van der Waals surface area contributed by atoms with Crippen LogP contribution in [0.2, 0.25) is 0 Å². The summed E-state index contributed by atoms with van der Waals surface area (Å²) in [5.41, 5.74) is 0.660. The molecule has 0 radical (unpaired) electrons. The molecule has 0 saturated carbocycles. The molecule has 10 nitrogen and oxygen atoms in total. The van der Waals surface area contributed by atoms with Gasteiger partial charge in [0, 0.05) is 25.2 Å². The van der Waals surface area contributed by atoms with Crippen molar-refractivity contribution in [3.05, 3.63) is 53.5 Å². The monoisotopic (exact) mass is 498 g/mol. The number of rotatable bonds is 8. The van der Waals surface area contributed by atoms with E-state index >= 15 is 0 Å². The Morgan fingerprint density at radius 2 is 1.83 bits per heavy atom. The van der Waals surface area contributed by atoms with Crippen molar-refractivity contribution in [1.82, 2.24) is 20.9 Å². The zero-order valence-electron chi connectivity index (χ0n) is 20.9. The van der Waals surface area contributed by atoms with E-state index in [9.17, 15) is 23.6 Å². The van der Waals surface area contributed by atoms with Gasteiger partial charge in [0.25, 0.3) is 11.8 Å². The third-order valence-corrected chi connectivity index (χ3v) is 6.13. The summed E-state index contributed by atoms with van der Waals surface area (Å²) in [5, 5.41) is 10.5. The number of fused-ring (bicyclic) bond motifs is 1. The van der Waals surface area contributed by atoms with Gasteiger partial charge in [-0.15, -0.1) is 0 Å². The Morgan fingerprint density at radius 3 is 2.44 bits per heavy atom. The number of likely N-dealkylation sites (N-methyl/N-ethyl adjacent to an activating group) is 1. The molecule has 0 fully saturated rings. The van der Waals surface area contributed by atoms with Crippen molar-refractivity contribution in [1.29, 1.82) is 0 Å². The van der Waals surface area contributed by atoms with Crippen LogP contribution in [-0.2, 0) is 20.8 Å². The summed E-state index contributed by atoms with van der Waals surface area (Å²) in [6, 6.07) is 4.72. The average Bonchev–Trinajstić information content (AvgIpc) is 3.26. The Balaban J connectivity index is 1.90. The van der Waals surface area contributed by atoms with Crippen LogP contribution in [0, 0.1) is 11.7 Å². The minimum absolute atomic E-state index is 0.105. The fourth-order valence-corrected chi connectivity index (χ4v) is 3.91. The Bertz CT molecular complexity index is 1170. The number of nitrogens with one attached hydrogen (secondary N) is 4. The van der Waals surface area contributed by atoms with Crippen LogP contribution < -0.4 is 26.2 Å². The molecule has 11 heteroatoms. The summed E-state index contributed by atoms with van der Waals surface area (Å²) in [4.78, 5) is 56.9. The molecule has 0 unspecified atom stereocenters. The van der Waals surface area contributed by atoms with E-state index < -0.39 is 41.7 Å². The highest BCUT2D eigenvalue weighted by atomic mass is 19.1. The van der Waals surface area contributed by atoms with Gasteiger partial charge in [-0.3, -0.25) is 24.1 Å². The predicted molar refractivity (Wildman–Crippen MR) is 133 cm³/mol. The SMILES string of the molecule is CNC(=O)c1ccc(NC(=O)[C@@H]2Cc3cccnc3N2C(=O)[C@@H](NC(=O)[C@H](C)NC)C(C)C)c(F)c1. The lowest BCUT2D eigenvalue weighted by Crippen LogP contribution is -2.57. The molecule has 0 bridgehead atoms. The first-order valence-corrected chi connectivity index (χ1v) is 11.7. The second kappa shape index (κ2) is 11.3. The molecule has 192 valence electrons. The van der Waals surface area contributed by atoms with Crippen molar-refractivity contribution in [3.8, 4) is 0 Å². The zero-order chi connectivity index (χ0) is 26.6. The van der Waals surface area contributed by atoms with Gasteiger partial charge >= 0.3 is 0 Å². The lowest BCUT2D eigenvalue weighted by atomic mass is 10.0. The van der Waals surface area contributed by atoms with Crippen LogP contribution in [0.5, 0.6) is 0 Å². The number of carbonyl (C=O) groups is 4. The predicted octanol–water partition coefficient (Wildman–Crippen LogP) is 1.23. The summed E-state index contributed by atoms with van der Waals surface area (Å²) >= 11 is 0. The largest absolute Gasteiger partial charge is 0.355 e. The number of halogens is 1. The number of benzene rings is 1. The highest BCUT2D eigenvalue weighted by Crippen LogP contribution is 2.32. The van der Waals surface area contributed by atoms with E-state index in [-0.39, 0.29) is 29.5 Å². The molecule has 0 saturated heterocycles. The topological polar surface area (TPSA) is 133 Å². The molecular formula is C25H31FN6O4. The molecule has 1 aromatic carbocycles. The molecule has 3 atom stereocenters. The van der Waals surface area contributed by atoms with Crippen LogP contribution in [0.3, 0.4) is 0 Å². The van der Waals surface area contributed by atoms with Crippen molar-refractivity contribution < 1.29 is 23.6 Å². The smallest absolute Gasteiger partial charge is 0.251 e. The number of aromatic nitrogens is 1. The number of pyridine rings is 1. The molecule has 1 aliphatic rings. The summed E-state index contributed by atoms with van der Waals surface area (Å²) in [6.07, 6.45) is 1.69. The number of amides is 4. The van der Waals surface area contributed by atoms with Crippen molar-refractivity contribution in [3.63, 3.8) is 0 Å². The van der Waals surface area contributed by atoms with Crippen LogP contribution in [0.25, 0.3) is 0 Å². The van der Waals surface area contributed by atoms with Crippen molar-refractivity contribution in [2.24, 2.45) is 5.92 Å². The molecule has 4 amide bonds. The van der Waals surface area contributed by atoms with Crippen LogP contribution in [0.15, 0.2) is 36.5 Å². The van der Waals surface area contributed by atoms with Crippen LogP contribution in [0.1, 0.15) is 36.7 Å². The minimum atomic E-state index is -1.01. The molecular weight excluding hydrogens is 467 g/mol. The summed E-state index contributed by atoms with van der Waals surface area (Å²) in [7, 11) is 3.07. The number of anilines is 2. The van der Waals surface area contributed by atoms with Crippen molar-refractivity contribution in [2.75, 3.05) is 24.3 Å². The Labute approximate surface area is 209 Å². The maximum Gasteiger partial charge on any atom is 0.251 e. The number of hydrogen-bond acceptors (Lipinski definition) is 6. The quantitative estimate of drug-likeness (QED) is 0.433. The number of hydrogen-bond donors (Lipinski definition) is 4. The van der Waals surface area contributed by atoms with E-state index in [2.05, 4.69) is 26.3 Å². The maximum atomic E-state index is 14.7. The van der Waals surface area contributed by atoms with Gasteiger partial charge in [0.1, 0.15) is 23.7 Å². The molecule has 2 heterocycles. The maximum absolute atomic E-state index is 14.7. The summed E-state index contributed by atoms with van der Waals surface area (Å²) in [6.45, 7) is 5.26. The lowest BCUT2D eigenvalue weighted by molar-refractivity contribution is -0.130. The lowest BCUT2D eigenvalue weighted by Gasteiger charge is -2.31. The average molecular weight is 499 g/mol. The van der Waals surface area contributed by atoms with Crippen molar-refractivity contribution >= 4 is 35.1 Å². The summed E-state index contributed by atoms with van der Waals surface area (Å²) < 4.78 is 14.7. The van der Waals surface area contributed by atoms with Gasteiger partial charge in [0.2, 0.25) is 11.8 Å². The van der Waals surface area contributed by atoms with E-state index in [1.165, 1.54) is 30.3 Å². The highest BCUT2D eigenvalue weighted by Gasteiger charge is 2.43. The van der Waals surface area contributed by atoms with E-state index in [1.54, 1.807) is 40.0 Å². The van der Waals surface area contributed by atoms with Crippen LogP contribution in [0.4, 0.5) is 15.9 Å². The van der Waals surface area contributed by atoms with Crippen LogP contribution in [-0.4, -0.2) is 60.8 Å². The van der Waals surface area contributed by atoms with E-state index in [1.807, 2.05) is 0 Å². The van der Waals surface area contributed by atoms with Crippen molar-refractivity contribution in [2.45, 2.75) is 45.3 Å². The van der Waals surface area contributed by atoms with Gasteiger partial charge < -0.3 is 21.3 Å². The molecule has 36 heavy (non-hydrogen) atoms. The number of carbonyl (C=O) groups excluding carboxylic acids is 4. The van der Waals surface area contributed by atoms with Gasteiger partial charge in [-0.2, -0.15) is 0 Å². The third-order valence-electron chi connectivity index (χ3n) is 6.13. The molecule has 0 spiro atoms. The van der Waals surface area contributed by atoms with E-state index in [4.69, 9.17) is 0 Å². The highest BCUT2D eigenvalue weighted by molar-refractivity contribution is 6.09. The minimum Gasteiger partial charge on any atom is -0.355 e. The summed E-state index contributed by atoms with van der Waals surface area (Å²) in [5.74, 6) is -2.68. The Morgan fingerprint density at radius 1 is 1.11 bits per heavy atom. The number of nitrogens with zero attached hydrogens (tertiary/aromatic N) is 2. The van der Waals surface area contributed by atoms with Crippen LogP contribution >= 0.6 is 0 Å². The fraction of sp³-hybridized carbons (Fsp3) is 0.400. The molecule has 0 aliphatic carbocycles. The second-order valence-electron chi connectivity index (χ2n) is 8.92. The second-order valence-corrected chi connectivity index (χ2v) is 8.92. The standard InChI is InChI=1S/C25H31FN6O4/c1-13(2)20(31-22(33)14(3)27-4)25(36)32-19(12-15-7-6-10-29-21(15)32)24(35)30-18-9-8-16(11-17(18)26)23(34)28-5/h6-11,13-14,19-20,27H,12H2,1-5H3,(H,28,34)(H,30,35)(H,31,33)/t14-,19-,20-/m0/s1. The van der Waals surface area contributed by atoms with E-state index in [0.29, 0.717) is 11.4 Å². The Kier molecular flexibility index (Phi) is 8.36. The first kappa shape index (κ1) is 26.7. The van der Waals surface area contributed by atoms with Gasteiger partial charge in [-0.05, 0) is 49.7 Å². The third kappa shape index (κ3) is 5.51. The Hall–Kier alpha value is -3.86. The molecule has 3 rings (SSSR count). The first-order valence-electron chi connectivity index (χ1n) is 11.7. The zero-order valence-corrected chi connectivity index (χ0v) is 20.9. The first-order chi connectivity index (χ1) is 17.1. The molecule has 4 N–H and O–H groups in total. The normalized spacial score (nSPS) is 16.2.